The number of rotatable bonds is 5. The van der Waals surface area contributed by atoms with Crippen molar-refractivity contribution >= 4 is 11.6 Å². The molecule has 1 aromatic heterocycles. The first kappa shape index (κ1) is 19.7. The van der Waals surface area contributed by atoms with Gasteiger partial charge in [-0.15, -0.1) is 10.2 Å². The molecule has 0 spiro atoms. The molecule has 0 saturated carbocycles. The zero-order chi connectivity index (χ0) is 20.5. The summed E-state index contributed by atoms with van der Waals surface area (Å²) in [5, 5.41) is 8.79. The fourth-order valence-corrected chi connectivity index (χ4v) is 3.94. The van der Waals surface area contributed by atoms with Crippen LogP contribution in [0.3, 0.4) is 0 Å². The molecule has 2 atom stereocenters. The number of halogens is 2. The monoisotopic (exact) mass is 417 g/mol. The highest BCUT2D eigenvalue weighted by atomic mass is 35.5. The van der Waals surface area contributed by atoms with Crippen molar-refractivity contribution in [1.82, 2.24) is 14.8 Å². The first-order valence-electron chi connectivity index (χ1n) is 9.29. The maximum atomic E-state index is 13.7. The number of hydrogen-bond donors (Lipinski definition) is 0. The van der Waals surface area contributed by atoms with E-state index in [4.69, 9.17) is 25.8 Å². The number of nitrogens with zero attached hydrogens (tertiary/aromatic N) is 3. The highest BCUT2D eigenvalue weighted by molar-refractivity contribution is 6.30. The summed E-state index contributed by atoms with van der Waals surface area (Å²) in [5.74, 6) is 1.96. The normalized spacial score (nSPS) is 18.0. The van der Waals surface area contributed by atoms with E-state index in [2.05, 4.69) is 10.2 Å². The van der Waals surface area contributed by atoms with Gasteiger partial charge >= 0.3 is 0 Å². The summed E-state index contributed by atoms with van der Waals surface area (Å²) >= 11 is 6.33. The van der Waals surface area contributed by atoms with Crippen LogP contribution in [0.15, 0.2) is 36.4 Å². The van der Waals surface area contributed by atoms with Crippen LogP contribution < -0.4 is 9.47 Å². The second-order valence-corrected chi connectivity index (χ2v) is 7.08. The Labute approximate surface area is 173 Å². The van der Waals surface area contributed by atoms with Crippen molar-refractivity contribution in [2.24, 2.45) is 0 Å². The van der Waals surface area contributed by atoms with Crippen molar-refractivity contribution in [2.75, 3.05) is 14.2 Å². The average Bonchev–Trinajstić information content (AvgIpc) is 3.12. The van der Waals surface area contributed by atoms with E-state index < -0.39 is 18.9 Å². The molecule has 0 amide bonds. The molecule has 1 aliphatic rings. The van der Waals surface area contributed by atoms with E-state index in [1.165, 1.54) is 0 Å². The molecule has 0 bridgehead atoms. The Morgan fingerprint density at radius 3 is 2.66 bits per heavy atom. The molecule has 3 aromatic rings. The van der Waals surface area contributed by atoms with Gasteiger partial charge in [0.05, 0.1) is 19.9 Å². The quantitative estimate of drug-likeness (QED) is 0.586. The summed E-state index contributed by atoms with van der Waals surface area (Å²) in [6.07, 6.45) is -0.280. The van der Waals surface area contributed by atoms with E-state index >= 15 is 0 Å². The predicted molar refractivity (Wildman–Crippen MR) is 107 cm³/mol. The van der Waals surface area contributed by atoms with Crippen molar-refractivity contribution in [3.63, 3.8) is 0 Å². The molecule has 0 N–H and O–H groups in total. The Morgan fingerprint density at radius 2 is 1.97 bits per heavy atom. The fraction of sp³-hybridized carbons (Fsp3) is 0.333. The molecule has 0 aliphatic carbocycles. The van der Waals surface area contributed by atoms with E-state index in [-0.39, 0.29) is 5.82 Å². The van der Waals surface area contributed by atoms with Gasteiger partial charge in [-0.1, -0.05) is 30.7 Å². The molecule has 0 fully saturated rings. The molecule has 2 heterocycles. The number of aromatic nitrogens is 3. The molecule has 4 rings (SSSR count). The van der Waals surface area contributed by atoms with Gasteiger partial charge in [0.2, 0.25) is 0 Å². The second-order valence-electron chi connectivity index (χ2n) is 6.64. The Morgan fingerprint density at radius 1 is 1.14 bits per heavy atom. The van der Waals surface area contributed by atoms with E-state index in [0.29, 0.717) is 28.8 Å². The smallest absolute Gasteiger partial charge is 0.169 e. The molecule has 8 heteroatoms. The van der Waals surface area contributed by atoms with Crippen LogP contribution in [0.4, 0.5) is 4.39 Å². The highest BCUT2D eigenvalue weighted by Gasteiger charge is 2.34. The summed E-state index contributed by atoms with van der Waals surface area (Å²) in [6.45, 7) is 1.25. The number of para-hydroxylation sites is 1. The minimum absolute atomic E-state index is 0.226. The van der Waals surface area contributed by atoms with Crippen molar-refractivity contribution in [3.05, 3.63) is 64.2 Å². The maximum Gasteiger partial charge on any atom is 0.169 e. The third-order valence-electron chi connectivity index (χ3n) is 5.06. The van der Waals surface area contributed by atoms with Crippen molar-refractivity contribution in [2.45, 2.75) is 32.2 Å². The van der Waals surface area contributed by atoms with Gasteiger partial charge in [0, 0.05) is 16.1 Å². The van der Waals surface area contributed by atoms with Gasteiger partial charge in [0.25, 0.3) is 0 Å². The van der Waals surface area contributed by atoms with Crippen LogP contribution >= 0.6 is 11.6 Å². The molecule has 2 aromatic carbocycles. The SMILES string of the molecule is CC[C@@H]1O[C@@H](c2cccc(OC)c2OC)c2cc(Cl)ccc2-n2c(CF)nnc21. The van der Waals surface area contributed by atoms with Crippen molar-refractivity contribution in [3.8, 4) is 17.2 Å². The van der Waals surface area contributed by atoms with E-state index in [1.54, 1.807) is 24.9 Å². The Balaban J connectivity index is 2.00. The largest absolute Gasteiger partial charge is 0.493 e. The summed E-state index contributed by atoms with van der Waals surface area (Å²) in [6, 6.07) is 11.0. The second kappa shape index (κ2) is 8.00. The van der Waals surface area contributed by atoms with Gasteiger partial charge in [-0.25, -0.2) is 4.39 Å². The molecular weight excluding hydrogens is 397 g/mol. The number of methoxy groups -OCH3 is 2. The topological polar surface area (TPSA) is 58.4 Å². The summed E-state index contributed by atoms with van der Waals surface area (Å²) in [4.78, 5) is 0. The van der Waals surface area contributed by atoms with E-state index in [1.807, 2.05) is 37.3 Å². The first-order chi connectivity index (χ1) is 14.1. The summed E-state index contributed by atoms with van der Waals surface area (Å²) in [7, 11) is 3.18. The molecule has 0 unspecified atom stereocenters. The maximum absolute atomic E-state index is 13.7. The standard InChI is InChI=1S/C21H21ClFN3O3/c1-4-16-21-25-24-18(11-23)26(21)15-9-8-12(22)10-14(15)19(29-16)13-6-5-7-17(27-2)20(13)28-3/h5-10,16,19H,4,11H2,1-3H3/t16-,19-/m0/s1. The van der Waals surface area contributed by atoms with Crippen LogP contribution in [0.5, 0.6) is 11.5 Å². The average molecular weight is 418 g/mol. The number of hydrogen-bond acceptors (Lipinski definition) is 5. The van der Waals surface area contributed by atoms with Crippen LogP contribution in [0, 0.1) is 0 Å². The number of ether oxygens (including phenoxy) is 3. The van der Waals surface area contributed by atoms with E-state index in [0.717, 1.165) is 16.8 Å². The molecule has 0 saturated heterocycles. The van der Waals surface area contributed by atoms with E-state index in [9.17, 15) is 4.39 Å². The van der Waals surface area contributed by atoms with Gasteiger partial charge in [0.15, 0.2) is 23.1 Å². The lowest BCUT2D eigenvalue weighted by Crippen LogP contribution is -2.12. The Bertz CT molecular complexity index is 1040. The first-order valence-corrected chi connectivity index (χ1v) is 9.67. The minimum atomic E-state index is -0.737. The molecule has 152 valence electrons. The number of benzene rings is 2. The van der Waals surface area contributed by atoms with Crippen LogP contribution in [0.2, 0.25) is 5.02 Å². The van der Waals surface area contributed by atoms with Gasteiger partial charge in [0.1, 0.15) is 18.9 Å². The zero-order valence-corrected chi connectivity index (χ0v) is 17.1. The third kappa shape index (κ3) is 3.24. The lowest BCUT2D eigenvalue weighted by atomic mass is 9.98. The Hall–Kier alpha value is -2.64. The minimum Gasteiger partial charge on any atom is -0.493 e. The highest BCUT2D eigenvalue weighted by Crippen LogP contribution is 2.46. The summed E-state index contributed by atoms with van der Waals surface area (Å²) < 4.78 is 33.0. The van der Waals surface area contributed by atoms with Gasteiger partial charge < -0.3 is 14.2 Å². The Kier molecular flexibility index (Phi) is 5.43. The number of fused-ring (bicyclic) bond motifs is 3. The van der Waals surface area contributed by atoms with Gasteiger partial charge in [-0.05, 0) is 30.7 Å². The van der Waals surface area contributed by atoms with Crippen LogP contribution in [-0.4, -0.2) is 29.0 Å². The van der Waals surface area contributed by atoms with Crippen LogP contribution in [0.25, 0.3) is 5.69 Å². The van der Waals surface area contributed by atoms with Crippen LogP contribution in [0.1, 0.15) is 48.3 Å². The lowest BCUT2D eigenvalue weighted by molar-refractivity contribution is 0.00121. The van der Waals surface area contributed by atoms with Crippen molar-refractivity contribution in [1.29, 1.82) is 0 Å². The third-order valence-corrected chi connectivity index (χ3v) is 5.30. The number of alkyl halides is 1. The van der Waals surface area contributed by atoms with Crippen molar-refractivity contribution < 1.29 is 18.6 Å². The zero-order valence-electron chi connectivity index (χ0n) is 16.4. The molecule has 1 aliphatic heterocycles. The molecule has 29 heavy (non-hydrogen) atoms. The molecule has 0 radical (unpaired) electrons. The fourth-order valence-electron chi connectivity index (χ4n) is 3.76. The lowest BCUT2D eigenvalue weighted by Gasteiger charge is -2.24. The summed E-state index contributed by atoms with van der Waals surface area (Å²) in [5.41, 5.74) is 2.29. The molecule has 6 nitrogen and oxygen atoms in total. The molecular formula is C21H21ClFN3O3. The van der Waals surface area contributed by atoms with Gasteiger partial charge in [-0.3, -0.25) is 4.57 Å². The van der Waals surface area contributed by atoms with Crippen LogP contribution in [-0.2, 0) is 11.4 Å². The van der Waals surface area contributed by atoms with Gasteiger partial charge in [-0.2, -0.15) is 0 Å². The predicted octanol–water partition coefficient (Wildman–Crippen LogP) is 4.98.